The van der Waals surface area contributed by atoms with Crippen LogP contribution in [0.3, 0.4) is 0 Å². The first kappa shape index (κ1) is 20.2. The fourth-order valence-corrected chi connectivity index (χ4v) is 4.05. The zero-order valence-corrected chi connectivity index (χ0v) is 17.3. The average Bonchev–Trinajstić information content (AvgIpc) is 2.78. The number of rotatable bonds is 8. The third-order valence-corrected chi connectivity index (χ3v) is 5.59. The largest absolute Gasteiger partial charge is 0.382 e. The highest BCUT2D eigenvalue weighted by Crippen LogP contribution is 2.19. The number of thioether (sulfide) groups is 1. The van der Waals surface area contributed by atoms with E-state index in [0.29, 0.717) is 53.1 Å². The van der Waals surface area contributed by atoms with Crippen molar-refractivity contribution in [2.24, 2.45) is 0 Å². The minimum absolute atomic E-state index is 0.100. The van der Waals surface area contributed by atoms with E-state index in [1.807, 2.05) is 31.2 Å². The van der Waals surface area contributed by atoms with Crippen LogP contribution in [-0.4, -0.2) is 37.8 Å². The lowest BCUT2D eigenvalue weighted by Gasteiger charge is -2.13. The van der Waals surface area contributed by atoms with E-state index in [4.69, 9.17) is 4.74 Å². The van der Waals surface area contributed by atoms with Gasteiger partial charge >= 0.3 is 0 Å². The lowest BCUT2D eigenvalue weighted by atomic mass is 10.2. The van der Waals surface area contributed by atoms with E-state index in [2.05, 4.69) is 15.3 Å². The molecule has 0 aliphatic rings. The van der Waals surface area contributed by atoms with Gasteiger partial charge in [-0.05, 0) is 37.6 Å². The molecule has 0 spiro atoms. The maximum Gasteiger partial charge on any atom is 0.278 e. The van der Waals surface area contributed by atoms with Crippen LogP contribution in [0.25, 0.3) is 21.8 Å². The molecule has 0 radical (unpaired) electrons. The Balaban J connectivity index is 1.66. The van der Waals surface area contributed by atoms with Gasteiger partial charge < -0.3 is 4.74 Å². The highest BCUT2D eigenvalue weighted by molar-refractivity contribution is 7.98. The second-order valence-electron chi connectivity index (χ2n) is 6.60. The van der Waals surface area contributed by atoms with Crippen molar-refractivity contribution in [2.75, 3.05) is 13.2 Å². The fraction of sp³-hybridized carbons (Fsp3) is 0.286. The van der Waals surface area contributed by atoms with Crippen LogP contribution >= 0.6 is 11.8 Å². The van der Waals surface area contributed by atoms with Gasteiger partial charge in [-0.3, -0.25) is 14.2 Å². The van der Waals surface area contributed by atoms with Gasteiger partial charge in [0.05, 0.1) is 22.2 Å². The summed E-state index contributed by atoms with van der Waals surface area (Å²) in [5, 5.41) is 9.75. The maximum atomic E-state index is 13.0. The summed E-state index contributed by atoms with van der Waals surface area (Å²) in [4.78, 5) is 30.4. The van der Waals surface area contributed by atoms with Gasteiger partial charge in [-0.15, -0.1) is 5.10 Å². The molecule has 8 nitrogen and oxygen atoms in total. The van der Waals surface area contributed by atoms with Crippen LogP contribution in [0, 0.1) is 0 Å². The van der Waals surface area contributed by atoms with Crippen LogP contribution < -0.4 is 11.1 Å². The number of benzene rings is 2. The first-order valence-electron chi connectivity index (χ1n) is 9.71. The van der Waals surface area contributed by atoms with Crippen molar-refractivity contribution in [2.45, 2.75) is 30.9 Å². The molecule has 0 atom stereocenters. The Morgan fingerprint density at radius 1 is 0.967 bits per heavy atom. The standard InChI is InChI=1S/C21H21N5O3S/c1-2-29-13-7-12-25-19(27)15-8-3-5-10-17(15)22-21(25)30-14-26-20(28)16-9-4-6-11-18(16)23-24-26/h3-6,8-11H,2,7,12-14H2,1H3. The minimum atomic E-state index is -0.223. The third kappa shape index (κ3) is 4.12. The molecule has 0 fully saturated rings. The number of hydrogen-bond acceptors (Lipinski definition) is 7. The SMILES string of the molecule is CCOCCCn1c(SCn2nnc3ccccc3c2=O)nc2ccccc2c1=O. The van der Waals surface area contributed by atoms with Gasteiger partial charge in [-0.2, -0.15) is 4.68 Å². The van der Waals surface area contributed by atoms with E-state index < -0.39 is 0 Å². The summed E-state index contributed by atoms with van der Waals surface area (Å²) in [5.41, 5.74) is 0.860. The van der Waals surface area contributed by atoms with E-state index in [9.17, 15) is 9.59 Å². The molecular weight excluding hydrogens is 402 g/mol. The molecule has 9 heteroatoms. The van der Waals surface area contributed by atoms with Gasteiger partial charge in [-0.25, -0.2) is 4.98 Å². The Morgan fingerprint density at radius 2 is 1.67 bits per heavy atom. The van der Waals surface area contributed by atoms with E-state index in [-0.39, 0.29) is 17.0 Å². The van der Waals surface area contributed by atoms with E-state index in [1.54, 1.807) is 28.8 Å². The first-order valence-corrected chi connectivity index (χ1v) is 10.7. The normalized spacial score (nSPS) is 11.4. The molecule has 154 valence electrons. The molecule has 0 saturated heterocycles. The molecule has 0 amide bonds. The molecule has 2 heterocycles. The molecule has 30 heavy (non-hydrogen) atoms. The van der Waals surface area contributed by atoms with Crippen molar-refractivity contribution in [1.82, 2.24) is 24.5 Å². The molecule has 4 aromatic rings. The Bertz CT molecular complexity index is 1300. The molecule has 0 unspecified atom stereocenters. The average molecular weight is 423 g/mol. The fourth-order valence-electron chi connectivity index (χ4n) is 3.15. The van der Waals surface area contributed by atoms with Gasteiger partial charge in [0.25, 0.3) is 11.1 Å². The van der Waals surface area contributed by atoms with Gasteiger partial charge in [0.1, 0.15) is 5.52 Å². The van der Waals surface area contributed by atoms with Gasteiger partial charge in [0, 0.05) is 19.8 Å². The van der Waals surface area contributed by atoms with Crippen molar-refractivity contribution in [3.8, 4) is 0 Å². The molecule has 0 aliphatic carbocycles. The number of para-hydroxylation sites is 1. The van der Waals surface area contributed by atoms with Crippen molar-refractivity contribution in [1.29, 1.82) is 0 Å². The van der Waals surface area contributed by atoms with Crippen LogP contribution in [0.5, 0.6) is 0 Å². The van der Waals surface area contributed by atoms with E-state index >= 15 is 0 Å². The number of fused-ring (bicyclic) bond motifs is 2. The molecule has 0 saturated carbocycles. The quantitative estimate of drug-likeness (QED) is 0.244. The van der Waals surface area contributed by atoms with Gasteiger partial charge in [-0.1, -0.05) is 41.2 Å². The highest BCUT2D eigenvalue weighted by atomic mass is 32.2. The van der Waals surface area contributed by atoms with Crippen LogP contribution in [0.15, 0.2) is 63.3 Å². The predicted octanol–water partition coefficient (Wildman–Crippen LogP) is 2.68. The van der Waals surface area contributed by atoms with Crippen LogP contribution in [0.4, 0.5) is 0 Å². The van der Waals surface area contributed by atoms with Crippen LogP contribution in [0.2, 0.25) is 0 Å². The summed E-state index contributed by atoms with van der Waals surface area (Å²) in [6.07, 6.45) is 0.692. The van der Waals surface area contributed by atoms with Crippen molar-refractivity contribution in [3.05, 3.63) is 69.2 Å². The summed E-state index contributed by atoms with van der Waals surface area (Å²) in [6.45, 7) is 3.62. The maximum absolute atomic E-state index is 13.0. The summed E-state index contributed by atoms with van der Waals surface area (Å²) in [6, 6.07) is 14.4. The van der Waals surface area contributed by atoms with Crippen molar-refractivity contribution >= 4 is 33.6 Å². The van der Waals surface area contributed by atoms with Crippen molar-refractivity contribution < 1.29 is 4.74 Å². The van der Waals surface area contributed by atoms with Crippen LogP contribution in [0.1, 0.15) is 13.3 Å². The summed E-state index contributed by atoms with van der Waals surface area (Å²) < 4.78 is 8.34. The number of aromatic nitrogens is 5. The van der Waals surface area contributed by atoms with Crippen molar-refractivity contribution in [3.63, 3.8) is 0 Å². The topological polar surface area (TPSA) is 91.9 Å². The predicted molar refractivity (Wildman–Crippen MR) is 117 cm³/mol. The molecule has 4 rings (SSSR count). The minimum Gasteiger partial charge on any atom is -0.382 e. The smallest absolute Gasteiger partial charge is 0.278 e. The second kappa shape index (κ2) is 9.19. The second-order valence-corrected chi connectivity index (χ2v) is 7.52. The summed E-state index contributed by atoms with van der Waals surface area (Å²) in [5.74, 6) is 0.201. The number of hydrogen-bond donors (Lipinski definition) is 0. The third-order valence-electron chi connectivity index (χ3n) is 4.65. The lowest BCUT2D eigenvalue weighted by molar-refractivity contribution is 0.140. The van der Waals surface area contributed by atoms with E-state index in [0.717, 1.165) is 0 Å². The number of ether oxygens (including phenoxy) is 1. The lowest BCUT2D eigenvalue weighted by Crippen LogP contribution is -2.26. The molecule has 0 N–H and O–H groups in total. The molecule has 0 aliphatic heterocycles. The molecule has 2 aromatic heterocycles. The Labute approximate surface area is 176 Å². The highest BCUT2D eigenvalue weighted by Gasteiger charge is 2.13. The molecular formula is C21H21N5O3S. The Kier molecular flexibility index (Phi) is 6.20. The Hall–Kier alpha value is -3.04. The van der Waals surface area contributed by atoms with Crippen LogP contribution in [-0.2, 0) is 17.2 Å². The monoisotopic (exact) mass is 423 g/mol. The zero-order chi connectivity index (χ0) is 20.9. The Morgan fingerprint density at radius 3 is 2.43 bits per heavy atom. The van der Waals surface area contributed by atoms with Gasteiger partial charge in [0.2, 0.25) is 0 Å². The molecule has 0 bridgehead atoms. The van der Waals surface area contributed by atoms with Gasteiger partial charge in [0.15, 0.2) is 5.16 Å². The summed E-state index contributed by atoms with van der Waals surface area (Å²) >= 11 is 1.29. The number of nitrogens with zero attached hydrogens (tertiary/aromatic N) is 5. The molecule has 2 aromatic carbocycles. The summed E-state index contributed by atoms with van der Waals surface area (Å²) in [7, 11) is 0. The zero-order valence-electron chi connectivity index (χ0n) is 16.5. The first-order chi connectivity index (χ1) is 14.7. The van der Waals surface area contributed by atoms with E-state index in [1.165, 1.54) is 16.4 Å².